The first-order valence-corrected chi connectivity index (χ1v) is 14.1. The third-order valence-electron chi connectivity index (χ3n) is 7.55. The monoisotopic (exact) mass is 464 g/mol. The van der Waals surface area contributed by atoms with Gasteiger partial charge in [-0.3, -0.25) is 9.62 Å². The molecule has 0 unspecified atom stereocenters. The molecule has 2 saturated heterocycles. The fourth-order valence-electron chi connectivity index (χ4n) is 5.55. The highest BCUT2D eigenvalue weighted by atomic mass is 32.2. The first kappa shape index (κ1) is 23.8. The Hall–Kier alpha value is -1.35. The summed E-state index contributed by atoms with van der Waals surface area (Å²) in [6.07, 6.45) is 8.90. The van der Waals surface area contributed by atoms with Crippen LogP contribution in [0.4, 0.5) is 11.4 Å². The smallest absolute Gasteiger partial charge is 0.232 e. The first-order valence-electron chi connectivity index (χ1n) is 12.4. The van der Waals surface area contributed by atoms with Crippen molar-refractivity contribution in [1.82, 2.24) is 10.2 Å². The fraction of sp³-hybridized carbons (Fsp3) is 0.750. The Kier molecular flexibility index (Phi) is 7.97. The van der Waals surface area contributed by atoms with E-state index >= 15 is 0 Å². The number of piperidine rings is 1. The van der Waals surface area contributed by atoms with Crippen LogP contribution < -0.4 is 14.9 Å². The molecule has 1 aliphatic carbocycles. The largest absolute Gasteiger partial charge is 0.379 e. The van der Waals surface area contributed by atoms with Crippen LogP contribution in [-0.2, 0) is 14.8 Å². The van der Waals surface area contributed by atoms with Crippen molar-refractivity contribution >= 4 is 21.4 Å². The molecule has 4 rings (SSSR count). The minimum Gasteiger partial charge on any atom is -0.379 e. The number of rotatable bonds is 8. The van der Waals surface area contributed by atoms with Crippen LogP contribution in [0.2, 0.25) is 0 Å². The van der Waals surface area contributed by atoms with E-state index in [-0.39, 0.29) is 5.75 Å². The Bertz CT molecular complexity index is 827. The van der Waals surface area contributed by atoms with Crippen molar-refractivity contribution in [3.63, 3.8) is 0 Å². The molecule has 0 aromatic heterocycles. The number of nitrogens with zero attached hydrogens (tertiary/aromatic N) is 2. The van der Waals surface area contributed by atoms with Gasteiger partial charge < -0.3 is 15.0 Å². The maximum atomic E-state index is 11.9. The number of nitrogens with one attached hydrogen (secondary N) is 2. The van der Waals surface area contributed by atoms with E-state index in [4.69, 9.17) is 4.74 Å². The summed E-state index contributed by atoms with van der Waals surface area (Å²) in [6, 6.07) is 8.33. The van der Waals surface area contributed by atoms with Gasteiger partial charge >= 0.3 is 0 Å². The molecule has 8 heteroatoms. The van der Waals surface area contributed by atoms with E-state index in [0.717, 1.165) is 64.5 Å². The second-order valence-corrected chi connectivity index (χ2v) is 11.6. The van der Waals surface area contributed by atoms with Gasteiger partial charge in [-0.1, -0.05) is 25.3 Å². The number of benzene rings is 1. The Morgan fingerprint density at radius 1 is 1.06 bits per heavy atom. The summed E-state index contributed by atoms with van der Waals surface area (Å²) in [5.41, 5.74) is 2.05. The van der Waals surface area contributed by atoms with Crippen molar-refractivity contribution < 1.29 is 13.2 Å². The van der Waals surface area contributed by atoms with Gasteiger partial charge in [0.2, 0.25) is 10.0 Å². The number of hydrogen-bond donors (Lipinski definition) is 2. The van der Waals surface area contributed by atoms with Crippen LogP contribution in [0.25, 0.3) is 0 Å². The summed E-state index contributed by atoms with van der Waals surface area (Å²) < 4.78 is 32.1. The van der Waals surface area contributed by atoms with Crippen LogP contribution >= 0.6 is 0 Å². The zero-order valence-corrected chi connectivity index (χ0v) is 20.3. The van der Waals surface area contributed by atoms with Crippen molar-refractivity contribution in [2.24, 2.45) is 0 Å². The van der Waals surface area contributed by atoms with Crippen molar-refractivity contribution in [2.75, 3.05) is 61.3 Å². The lowest BCUT2D eigenvalue weighted by molar-refractivity contribution is -0.0379. The summed E-state index contributed by atoms with van der Waals surface area (Å²) in [5, 5.41) is 3.95. The van der Waals surface area contributed by atoms with E-state index in [1.165, 1.54) is 32.1 Å². The lowest BCUT2D eigenvalue weighted by atomic mass is 9.79. The van der Waals surface area contributed by atoms with Gasteiger partial charge in [0.15, 0.2) is 0 Å². The molecule has 1 aromatic rings. The maximum Gasteiger partial charge on any atom is 0.232 e. The van der Waals surface area contributed by atoms with E-state index in [2.05, 4.69) is 25.9 Å². The molecule has 2 heterocycles. The van der Waals surface area contributed by atoms with Gasteiger partial charge in [-0.15, -0.1) is 0 Å². The first-order chi connectivity index (χ1) is 15.5. The number of sulfonamides is 1. The van der Waals surface area contributed by atoms with E-state index < -0.39 is 10.0 Å². The third kappa shape index (κ3) is 5.95. The fourth-order valence-corrected chi connectivity index (χ4v) is 6.18. The second kappa shape index (κ2) is 10.7. The summed E-state index contributed by atoms with van der Waals surface area (Å²) in [5.74, 6) is 0.0836. The average molecular weight is 465 g/mol. The van der Waals surface area contributed by atoms with Crippen LogP contribution in [0.15, 0.2) is 24.3 Å². The Morgan fingerprint density at radius 2 is 1.78 bits per heavy atom. The summed E-state index contributed by atoms with van der Waals surface area (Å²) in [6.45, 7) is 8.60. The predicted molar refractivity (Wildman–Crippen MR) is 131 cm³/mol. The number of ether oxygens (including phenoxy) is 1. The van der Waals surface area contributed by atoms with Crippen molar-refractivity contribution in [3.8, 4) is 0 Å². The molecule has 3 aliphatic rings. The normalized spacial score (nSPS) is 23.2. The predicted octanol–water partition coefficient (Wildman–Crippen LogP) is 3.04. The summed E-state index contributed by atoms with van der Waals surface area (Å²) in [7, 11) is -3.25. The molecule has 180 valence electrons. The van der Waals surface area contributed by atoms with E-state index in [1.54, 1.807) is 6.92 Å². The van der Waals surface area contributed by atoms with Gasteiger partial charge in [0.05, 0.1) is 24.7 Å². The quantitative estimate of drug-likeness (QED) is 0.616. The van der Waals surface area contributed by atoms with Gasteiger partial charge in [-0.2, -0.15) is 0 Å². The maximum absolute atomic E-state index is 11.9. The van der Waals surface area contributed by atoms with Crippen LogP contribution in [0.1, 0.15) is 51.9 Å². The Labute approximate surface area is 193 Å². The van der Waals surface area contributed by atoms with E-state index in [1.807, 2.05) is 18.2 Å². The van der Waals surface area contributed by atoms with Crippen molar-refractivity contribution in [3.05, 3.63) is 24.3 Å². The number of morpholine rings is 1. The molecule has 7 nitrogen and oxygen atoms in total. The minimum absolute atomic E-state index is 0.0836. The third-order valence-corrected chi connectivity index (χ3v) is 8.85. The average Bonchev–Trinajstić information content (AvgIpc) is 2.84. The molecule has 0 spiro atoms. The molecule has 1 aromatic carbocycles. The molecule has 0 amide bonds. The molecule has 0 bridgehead atoms. The lowest BCUT2D eigenvalue weighted by Gasteiger charge is -2.49. The zero-order valence-electron chi connectivity index (χ0n) is 19.5. The molecular formula is C24H40N4O3S. The van der Waals surface area contributed by atoms with Crippen LogP contribution in [0.5, 0.6) is 0 Å². The molecule has 2 N–H and O–H groups in total. The molecule has 0 atom stereocenters. The lowest BCUT2D eigenvalue weighted by Crippen LogP contribution is -2.60. The van der Waals surface area contributed by atoms with E-state index in [0.29, 0.717) is 17.3 Å². The Morgan fingerprint density at radius 3 is 2.47 bits per heavy atom. The topological polar surface area (TPSA) is 73.9 Å². The second-order valence-electron chi connectivity index (χ2n) is 9.58. The van der Waals surface area contributed by atoms with Crippen LogP contribution in [0, 0.1) is 0 Å². The van der Waals surface area contributed by atoms with Gasteiger partial charge in [-0.05, 0) is 50.8 Å². The standard InChI is InChI=1S/C24H40N4O3S/c1-2-32(29,30)26-22-7-6-8-23(19-22)27-13-9-21(10-14-27)25-20-24(11-4-3-5-12-24)28-15-17-31-18-16-28/h6-8,19,21,25-26H,2-5,9-18,20H2,1H3. The van der Waals surface area contributed by atoms with Crippen molar-refractivity contribution in [1.29, 1.82) is 0 Å². The Balaban J connectivity index is 1.31. The highest BCUT2D eigenvalue weighted by Gasteiger charge is 2.39. The molecular weight excluding hydrogens is 424 g/mol. The highest BCUT2D eigenvalue weighted by molar-refractivity contribution is 7.92. The SMILES string of the molecule is CCS(=O)(=O)Nc1cccc(N2CCC(NCC3(N4CCOCC4)CCCCC3)CC2)c1. The number of hydrogen-bond acceptors (Lipinski definition) is 6. The van der Waals surface area contributed by atoms with Crippen LogP contribution in [0.3, 0.4) is 0 Å². The van der Waals surface area contributed by atoms with Gasteiger partial charge in [0, 0.05) is 50.0 Å². The molecule has 2 aliphatic heterocycles. The van der Waals surface area contributed by atoms with E-state index in [9.17, 15) is 8.42 Å². The minimum atomic E-state index is -3.25. The van der Waals surface area contributed by atoms with Gasteiger partial charge in [-0.25, -0.2) is 8.42 Å². The summed E-state index contributed by atoms with van der Waals surface area (Å²) in [4.78, 5) is 5.08. The molecule has 1 saturated carbocycles. The van der Waals surface area contributed by atoms with Gasteiger partial charge in [0.1, 0.15) is 0 Å². The summed E-state index contributed by atoms with van der Waals surface area (Å²) >= 11 is 0. The number of anilines is 2. The van der Waals surface area contributed by atoms with Gasteiger partial charge in [0.25, 0.3) is 0 Å². The van der Waals surface area contributed by atoms with Crippen molar-refractivity contribution in [2.45, 2.75) is 63.5 Å². The molecule has 0 radical (unpaired) electrons. The zero-order chi connectivity index (χ0) is 22.4. The van der Waals surface area contributed by atoms with Crippen LogP contribution in [-0.4, -0.2) is 76.6 Å². The molecule has 32 heavy (non-hydrogen) atoms. The molecule has 3 fully saturated rings. The highest BCUT2D eigenvalue weighted by Crippen LogP contribution is 2.34.